The molecule has 0 spiro atoms. The molecule has 0 aromatic carbocycles. The van der Waals surface area contributed by atoms with E-state index in [2.05, 4.69) is 4.72 Å². The van der Waals surface area contributed by atoms with Gasteiger partial charge in [-0.2, -0.15) is 0 Å². The van der Waals surface area contributed by atoms with Gasteiger partial charge in [0, 0.05) is 12.5 Å². The van der Waals surface area contributed by atoms with E-state index in [0.29, 0.717) is 11.8 Å². The summed E-state index contributed by atoms with van der Waals surface area (Å²) < 4.78 is 26.4. The largest absolute Gasteiger partial charge is 0.481 e. The SMILES string of the molecule is O=C(O)CCCS(=O)(=O)NC1C2C3CCC(C3)C12. The minimum Gasteiger partial charge on any atom is -0.481 e. The number of carbonyl (C=O) groups is 1. The van der Waals surface area contributed by atoms with Gasteiger partial charge in [0.25, 0.3) is 0 Å². The van der Waals surface area contributed by atoms with Crippen molar-refractivity contribution in [3.63, 3.8) is 0 Å². The lowest BCUT2D eigenvalue weighted by atomic mass is 10.0. The van der Waals surface area contributed by atoms with Crippen LogP contribution in [0.25, 0.3) is 0 Å². The summed E-state index contributed by atoms with van der Waals surface area (Å²) in [7, 11) is -3.29. The quantitative estimate of drug-likeness (QED) is 0.750. The zero-order valence-corrected chi connectivity index (χ0v) is 11.0. The number of carboxylic acids is 1. The van der Waals surface area contributed by atoms with Gasteiger partial charge in [-0.15, -0.1) is 0 Å². The van der Waals surface area contributed by atoms with E-state index in [1.54, 1.807) is 0 Å². The summed E-state index contributed by atoms with van der Waals surface area (Å²) >= 11 is 0. The Balaban J connectivity index is 1.50. The highest BCUT2D eigenvalue weighted by Gasteiger charge is 2.65. The monoisotopic (exact) mass is 273 g/mol. The molecule has 0 aromatic rings. The maximum absolute atomic E-state index is 11.8. The first-order valence-electron chi connectivity index (χ1n) is 6.70. The zero-order valence-electron chi connectivity index (χ0n) is 10.2. The first kappa shape index (κ1) is 12.4. The van der Waals surface area contributed by atoms with Crippen LogP contribution in [0.2, 0.25) is 0 Å². The summed E-state index contributed by atoms with van der Waals surface area (Å²) in [5, 5.41) is 8.50. The second kappa shape index (κ2) is 4.20. The average molecular weight is 273 g/mol. The van der Waals surface area contributed by atoms with Crippen molar-refractivity contribution in [3.05, 3.63) is 0 Å². The molecule has 0 radical (unpaired) electrons. The first-order valence-corrected chi connectivity index (χ1v) is 8.35. The molecular formula is C12H19NO4S. The fourth-order valence-electron chi connectivity index (χ4n) is 4.16. The Morgan fingerprint density at radius 3 is 2.39 bits per heavy atom. The highest BCUT2D eigenvalue weighted by atomic mass is 32.2. The number of rotatable bonds is 6. The smallest absolute Gasteiger partial charge is 0.303 e. The molecule has 4 unspecified atom stereocenters. The molecule has 18 heavy (non-hydrogen) atoms. The van der Waals surface area contributed by atoms with E-state index in [4.69, 9.17) is 5.11 Å². The fourth-order valence-corrected chi connectivity index (χ4v) is 5.53. The Morgan fingerprint density at radius 1 is 1.22 bits per heavy atom. The molecule has 0 amide bonds. The molecule has 3 saturated carbocycles. The predicted molar refractivity (Wildman–Crippen MR) is 65.4 cm³/mol. The highest BCUT2D eigenvalue weighted by molar-refractivity contribution is 7.89. The lowest BCUT2D eigenvalue weighted by molar-refractivity contribution is -0.137. The normalized spacial score (nSPS) is 40.8. The Labute approximate surface area is 107 Å². The number of hydrogen-bond donors (Lipinski definition) is 2. The Bertz CT molecular complexity index is 445. The number of aliphatic carboxylic acids is 1. The number of sulfonamides is 1. The Morgan fingerprint density at radius 2 is 1.83 bits per heavy atom. The van der Waals surface area contributed by atoms with Gasteiger partial charge in [0.15, 0.2) is 0 Å². The number of fused-ring (bicyclic) bond motifs is 5. The third-order valence-corrected chi connectivity index (χ3v) is 6.31. The average Bonchev–Trinajstić information content (AvgIpc) is 2.70. The van der Waals surface area contributed by atoms with Crippen molar-refractivity contribution in [3.8, 4) is 0 Å². The van der Waals surface area contributed by atoms with E-state index in [1.807, 2.05) is 0 Å². The minimum absolute atomic E-state index is 0.0649. The molecule has 102 valence electrons. The lowest BCUT2D eigenvalue weighted by Crippen LogP contribution is -2.32. The van der Waals surface area contributed by atoms with Crippen molar-refractivity contribution in [1.82, 2.24) is 4.72 Å². The van der Waals surface area contributed by atoms with Crippen LogP contribution in [0.5, 0.6) is 0 Å². The Hall–Kier alpha value is -0.620. The van der Waals surface area contributed by atoms with Crippen LogP contribution < -0.4 is 4.72 Å². The van der Waals surface area contributed by atoms with Gasteiger partial charge in [0.05, 0.1) is 5.75 Å². The van der Waals surface area contributed by atoms with Gasteiger partial charge < -0.3 is 5.11 Å². The van der Waals surface area contributed by atoms with Crippen LogP contribution in [0.1, 0.15) is 32.1 Å². The van der Waals surface area contributed by atoms with Crippen LogP contribution in [-0.2, 0) is 14.8 Å². The summed E-state index contributed by atoms with van der Waals surface area (Å²) in [6.45, 7) is 0. The standard InChI is InChI=1S/C12H19NO4S/c14-9(15)2-1-5-18(16,17)13-12-10-7-3-4-8(6-7)11(10)12/h7-8,10-13H,1-6H2,(H,14,15). The molecule has 3 aliphatic carbocycles. The van der Waals surface area contributed by atoms with Crippen molar-refractivity contribution in [1.29, 1.82) is 0 Å². The van der Waals surface area contributed by atoms with Crippen LogP contribution in [0.4, 0.5) is 0 Å². The van der Waals surface area contributed by atoms with Crippen LogP contribution in [0.15, 0.2) is 0 Å². The van der Waals surface area contributed by atoms with Crippen molar-refractivity contribution < 1.29 is 18.3 Å². The second-order valence-corrected chi connectivity index (χ2v) is 7.82. The molecule has 0 aliphatic heterocycles. The summed E-state index contributed by atoms with van der Waals surface area (Å²) in [4.78, 5) is 10.4. The van der Waals surface area contributed by atoms with Crippen molar-refractivity contribution in [2.24, 2.45) is 23.7 Å². The van der Waals surface area contributed by atoms with E-state index in [-0.39, 0.29) is 24.6 Å². The van der Waals surface area contributed by atoms with Gasteiger partial charge in [-0.1, -0.05) is 0 Å². The van der Waals surface area contributed by atoms with E-state index in [1.165, 1.54) is 19.3 Å². The molecular weight excluding hydrogens is 254 g/mol. The van der Waals surface area contributed by atoms with E-state index in [9.17, 15) is 13.2 Å². The number of nitrogens with one attached hydrogen (secondary N) is 1. The molecule has 0 saturated heterocycles. The molecule has 4 atom stereocenters. The number of carboxylic acid groups (broad SMARTS) is 1. The summed E-state index contributed by atoms with van der Waals surface area (Å²) in [5.74, 6) is 1.64. The molecule has 2 N–H and O–H groups in total. The first-order chi connectivity index (χ1) is 8.48. The van der Waals surface area contributed by atoms with E-state index in [0.717, 1.165) is 11.8 Å². The summed E-state index contributed by atoms with van der Waals surface area (Å²) in [6.07, 6.45) is 3.95. The van der Waals surface area contributed by atoms with Crippen LogP contribution in [0.3, 0.4) is 0 Å². The highest BCUT2D eigenvalue weighted by Crippen LogP contribution is 2.65. The lowest BCUT2D eigenvalue weighted by Gasteiger charge is -2.10. The molecule has 6 heteroatoms. The van der Waals surface area contributed by atoms with E-state index < -0.39 is 16.0 Å². The van der Waals surface area contributed by atoms with Crippen LogP contribution in [0, 0.1) is 23.7 Å². The van der Waals surface area contributed by atoms with Crippen LogP contribution >= 0.6 is 0 Å². The van der Waals surface area contributed by atoms with Gasteiger partial charge in [-0.25, -0.2) is 13.1 Å². The summed E-state index contributed by atoms with van der Waals surface area (Å²) in [5.41, 5.74) is 0. The van der Waals surface area contributed by atoms with Gasteiger partial charge in [0.1, 0.15) is 0 Å². The fraction of sp³-hybridized carbons (Fsp3) is 0.917. The molecule has 3 aliphatic rings. The molecule has 0 aromatic heterocycles. The van der Waals surface area contributed by atoms with Gasteiger partial charge in [0.2, 0.25) is 10.0 Å². The van der Waals surface area contributed by atoms with Crippen LogP contribution in [-0.4, -0.2) is 31.3 Å². The molecule has 3 rings (SSSR count). The molecule has 5 nitrogen and oxygen atoms in total. The predicted octanol–water partition coefficient (Wildman–Crippen LogP) is 0.815. The molecule has 0 heterocycles. The van der Waals surface area contributed by atoms with E-state index >= 15 is 0 Å². The van der Waals surface area contributed by atoms with Gasteiger partial charge in [-0.3, -0.25) is 4.79 Å². The maximum atomic E-state index is 11.8. The molecule has 3 fully saturated rings. The topological polar surface area (TPSA) is 83.5 Å². The summed E-state index contributed by atoms with van der Waals surface area (Å²) in [6, 6.07) is 0.158. The minimum atomic E-state index is -3.29. The van der Waals surface area contributed by atoms with Crippen molar-refractivity contribution in [2.45, 2.75) is 38.1 Å². The number of hydrogen-bond acceptors (Lipinski definition) is 3. The second-order valence-electron chi connectivity index (χ2n) is 5.95. The van der Waals surface area contributed by atoms with Crippen molar-refractivity contribution >= 4 is 16.0 Å². The van der Waals surface area contributed by atoms with Gasteiger partial charge in [-0.05, 0) is 49.4 Å². The zero-order chi connectivity index (χ0) is 12.9. The third-order valence-electron chi connectivity index (χ3n) is 4.85. The van der Waals surface area contributed by atoms with Gasteiger partial charge >= 0.3 is 5.97 Å². The molecule has 2 bridgehead atoms. The third kappa shape index (κ3) is 2.16. The van der Waals surface area contributed by atoms with Crippen molar-refractivity contribution in [2.75, 3.05) is 5.75 Å². The Kier molecular flexibility index (Phi) is 2.90. The maximum Gasteiger partial charge on any atom is 0.303 e.